The Hall–Kier alpha value is -11.0. The van der Waals surface area contributed by atoms with E-state index in [0.29, 0.717) is 125 Å². The van der Waals surface area contributed by atoms with Gasteiger partial charge in [0.15, 0.2) is 11.3 Å². The SMILES string of the molecule is CC1(C)OB(c2ccc(OC(F)F)c(C(N)=O)c2)OC1(C)C.CC1(C)OB(c2ccc(OC(F)F)c(C(N)=O)c2)OC1(C)C.C[C@H]1COCCN1c1nc(N2CCOC[C@@H]2C)c2ccc(-c3ccc(OC(F)F)c(C(N)=O)c3)nc2n1.C[C@H]1COCCN1c1nc(N2CCOC[C@@H]2C)c2ccc(Cl)nc2n1.NC(=O)c1cc(Br)ccc1OC(F)F.O=C(O)c1cc(Br)ccc1OC(F)F. The highest BCUT2D eigenvalue weighted by atomic mass is 79.9. The first kappa shape index (κ1) is 105. The number of hydrogen-bond acceptors (Lipinski definition) is 28. The molecule has 48 heteroatoms. The first-order valence-electron chi connectivity index (χ1n) is 41.3. The minimum Gasteiger partial charge on any atom is -0.478 e. The summed E-state index contributed by atoms with van der Waals surface area (Å²) in [6, 6.07) is 28.4. The monoisotopic (exact) mass is 2030 g/mol. The summed E-state index contributed by atoms with van der Waals surface area (Å²) < 4.78 is 190. The Morgan fingerprint density at radius 1 is 0.403 bits per heavy atom. The molecular formula is C86H97B2Br2ClF10N14O19. The van der Waals surface area contributed by atoms with Gasteiger partial charge in [-0.25, -0.2) is 14.8 Å². The van der Waals surface area contributed by atoms with E-state index in [1.165, 1.54) is 84.9 Å². The Balaban J connectivity index is 0.000000172. The van der Waals surface area contributed by atoms with Crippen LogP contribution in [0, 0.1) is 0 Å². The predicted molar refractivity (Wildman–Crippen MR) is 482 cm³/mol. The van der Waals surface area contributed by atoms with Crippen molar-refractivity contribution in [3.8, 4) is 40.0 Å². The summed E-state index contributed by atoms with van der Waals surface area (Å²) in [7, 11) is -1.44. The maximum Gasteiger partial charge on any atom is 0.494 e. The van der Waals surface area contributed by atoms with Gasteiger partial charge in [0.2, 0.25) is 11.9 Å². The zero-order valence-electron chi connectivity index (χ0n) is 74.3. The second-order valence-corrected chi connectivity index (χ2v) is 34.8. The Morgan fingerprint density at radius 3 is 1.04 bits per heavy atom. The number of aromatic carboxylic acids is 1. The van der Waals surface area contributed by atoms with Crippen molar-refractivity contribution >= 4 is 144 Å². The van der Waals surface area contributed by atoms with Gasteiger partial charge in [0.05, 0.1) is 138 Å². The number of morpholine rings is 4. The number of nitrogens with zero attached hydrogens (tertiary/aromatic N) is 10. The second kappa shape index (κ2) is 45.6. The van der Waals surface area contributed by atoms with Crippen LogP contribution in [0.15, 0.2) is 124 Å². The number of pyridine rings is 2. The van der Waals surface area contributed by atoms with Crippen molar-refractivity contribution in [1.29, 1.82) is 0 Å². The molecular weight excluding hydrogens is 1940 g/mol. The number of anilines is 4. The third-order valence-electron chi connectivity index (χ3n) is 22.1. The van der Waals surface area contributed by atoms with E-state index in [4.69, 9.17) is 102 Å². The number of benzene rings is 5. The molecule has 0 aliphatic carbocycles. The molecule has 4 aromatic heterocycles. The van der Waals surface area contributed by atoms with Crippen molar-refractivity contribution in [3.05, 3.63) is 157 Å². The first-order valence-corrected chi connectivity index (χ1v) is 43.3. The van der Waals surface area contributed by atoms with E-state index in [2.05, 4.69) is 108 Å². The molecule has 6 fully saturated rings. The van der Waals surface area contributed by atoms with E-state index in [1.54, 1.807) is 18.2 Å². The molecule has 5 aromatic carbocycles. The number of rotatable bonds is 22. The lowest BCUT2D eigenvalue weighted by Crippen LogP contribution is -2.46. The minimum absolute atomic E-state index is 0.0836. The molecule has 6 aliphatic heterocycles. The fourth-order valence-corrected chi connectivity index (χ4v) is 14.8. The van der Waals surface area contributed by atoms with E-state index in [1.807, 2.05) is 67.5 Å². The second-order valence-electron chi connectivity index (χ2n) is 32.6. The highest BCUT2D eigenvalue weighted by Crippen LogP contribution is 2.41. The fraction of sp³-hybridized carbons (Fsp3) is 0.430. The topological polar surface area (TPSA) is 420 Å². The summed E-state index contributed by atoms with van der Waals surface area (Å²) in [6.45, 7) is 16.3. The quantitative estimate of drug-likeness (QED) is 0.0239. The summed E-state index contributed by atoms with van der Waals surface area (Å²) in [4.78, 5) is 93.6. The van der Waals surface area contributed by atoms with Gasteiger partial charge in [0, 0.05) is 40.7 Å². The number of primary amides is 4. The number of aromatic nitrogens is 6. The lowest BCUT2D eigenvalue weighted by Gasteiger charge is -2.37. The molecule has 0 spiro atoms. The van der Waals surface area contributed by atoms with Gasteiger partial charge in [0.1, 0.15) is 51.1 Å². The average Bonchev–Trinajstić information content (AvgIpc) is 1.46. The van der Waals surface area contributed by atoms with Crippen LogP contribution in [0.2, 0.25) is 5.15 Å². The van der Waals surface area contributed by atoms with Crippen LogP contribution in [0.4, 0.5) is 67.4 Å². The first-order chi connectivity index (χ1) is 63.0. The number of carboxylic acids is 1. The lowest BCUT2D eigenvalue weighted by molar-refractivity contribution is -0.0510. The molecule has 4 amide bonds. The van der Waals surface area contributed by atoms with Crippen molar-refractivity contribution < 1.29 is 134 Å². The zero-order valence-corrected chi connectivity index (χ0v) is 78.2. The number of ether oxygens (including phenoxy) is 9. The van der Waals surface area contributed by atoms with Gasteiger partial charge < -0.3 is 109 Å². The largest absolute Gasteiger partial charge is 0.494 e. The van der Waals surface area contributed by atoms with Crippen molar-refractivity contribution in [3.63, 3.8) is 0 Å². The molecule has 15 rings (SSSR count). The fourth-order valence-electron chi connectivity index (χ4n) is 13.9. The maximum absolute atomic E-state index is 12.8. The average molecular weight is 2040 g/mol. The Labute approximate surface area is 785 Å². The molecule has 33 nitrogen and oxygen atoms in total. The van der Waals surface area contributed by atoms with Crippen LogP contribution in [-0.4, -0.2) is 238 Å². The molecule has 9 aromatic rings. The van der Waals surface area contributed by atoms with Gasteiger partial charge in [0.25, 0.3) is 23.6 Å². The molecule has 9 N–H and O–H groups in total. The summed E-state index contributed by atoms with van der Waals surface area (Å²) in [6.07, 6.45) is 0. The Bertz CT molecular complexity index is 5470. The van der Waals surface area contributed by atoms with Crippen molar-refractivity contribution in [2.24, 2.45) is 22.9 Å². The third-order valence-corrected chi connectivity index (χ3v) is 23.3. The zero-order chi connectivity index (χ0) is 98.3. The molecule has 0 radical (unpaired) electrons. The van der Waals surface area contributed by atoms with Crippen molar-refractivity contribution in [1.82, 2.24) is 29.9 Å². The van der Waals surface area contributed by atoms with Crippen molar-refractivity contribution in [2.75, 3.05) is 98.6 Å². The van der Waals surface area contributed by atoms with E-state index < -0.39 is 99.3 Å². The van der Waals surface area contributed by atoms with Crippen LogP contribution >= 0.6 is 43.5 Å². The summed E-state index contributed by atoms with van der Waals surface area (Å²) in [5.41, 5.74) is 20.9. The van der Waals surface area contributed by atoms with Crippen LogP contribution < -0.4 is 77.1 Å². The van der Waals surface area contributed by atoms with Crippen molar-refractivity contribution in [2.45, 2.75) is 163 Å². The van der Waals surface area contributed by atoms with Crippen LogP contribution in [-0.2, 0) is 37.6 Å². The predicted octanol–water partition coefficient (Wildman–Crippen LogP) is 13.2. The van der Waals surface area contributed by atoms with E-state index in [-0.39, 0.29) is 80.7 Å². The van der Waals surface area contributed by atoms with Crippen LogP contribution in [0.3, 0.4) is 0 Å². The number of fused-ring (bicyclic) bond motifs is 2. The Kier molecular flexibility index (Phi) is 35.7. The van der Waals surface area contributed by atoms with Gasteiger partial charge in [-0.15, -0.1) is 0 Å². The number of alkyl halides is 10. The standard InChI is InChI=1S/C25H28F2N6O4.C17H22ClN5O2.2C14H18BF2NO4.C8H6BrF2NO2.C8H5BrF2O3/c1-14-12-35-9-7-32(14)23-17-4-5-19(16-3-6-20(37-24(26)27)18(11-16)21(28)34)29-22(17)30-25(31-23)33-8-10-36-13-15(33)2;1-11-9-24-7-5-22(11)16-13-3-4-14(18)19-15(13)20-17(21-16)23-6-8-25-10-12(23)2;2*1-13(2)14(3,4)22-15(21-13)8-5-6-10(20-12(16)17)9(7-8)11(18)19;2*9-4-1-2-6(14-8(10)11)5(3-4)7(12)13/h3-6,11,14-15,24H,7-10,12-13H2,1-2H3,(H2,28,34);3-4,11-12H,5-10H2,1-2H3;2*5-7,12H,1-4H3,(H2,18,19);1-3,8H,(H2,12,13);1-3,8H,(H,12,13)/t14-,15-;11-,12-;;;;/m00..../s1. The number of hydrogen-bond donors (Lipinski definition) is 5. The molecule has 6 aliphatic rings. The summed E-state index contributed by atoms with van der Waals surface area (Å²) in [5, 5.41) is 10.8. The number of amides is 4. The van der Waals surface area contributed by atoms with Gasteiger partial charge in [-0.05, 0) is 197 Å². The smallest absolute Gasteiger partial charge is 0.478 e. The molecule has 10 heterocycles. The highest BCUT2D eigenvalue weighted by Gasteiger charge is 2.53. The number of carbonyl (C=O) groups is 5. The molecule has 722 valence electrons. The molecule has 0 bridgehead atoms. The number of carbonyl (C=O) groups excluding carboxylic acids is 4. The van der Waals surface area contributed by atoms with Gasteiger partial charge >= 0.3 is 53.3 Å². The van der Waals surface area contributed by atoms with E-state index >= 15 is 0 Å². The summed E-state index contributed by atoms with van der Waals surface area (Å²) in [5.74, 6) is -3.25. The maximum atomic E-state index is 12.8. The number of carboxylic acid groups (broad SMARTS) is 1. The normalized spacial score (nSPS) is 18.8. The van der Waals surface area contributed by atoms with Gasteiger partial charge in [-0.3, -0.25) is 19.2 Å². The number of nitrogens with two attached hydrogens (primary N) is 4. The highest BCUT2D eigenvalue weighted by molar-refractivity contribution is 9.10. The minimum atomic E-state index is -3.08. The molecule has 4 atom stereocenters. The van der Waals surface area contributed by atoms with Crippen LogP contribution in [0.1, 0.15) is 135 Å². The molecule has 0 saturated carbocycles. The lowest BCUT2D eigenvalue weighted by atomic mass is 9.78. The number of halogens is 13. The summed E-state index contributed by atoms with van der Waals surface area (Å²) >= 11 is 12.2. The van der Waals surface area contributed by atoms with Crippen LogP contribution in [0.5, 0.6) is 28.7 Å². The van der Waals surface area contributed by atoms with E-state index in [0.717, 1.165) is 35.5 Å². The van der Waals surface area contributed by atoms with Gasteiger partial charge in [-0.1, -0.05) is 55.6 Å². The molecule has 0 unspecified atom stereocenters. The Morgan fingerprint density at radius 2 is 0.701 bits per heavy atom. The van der Waals surface area contributed by atoms with Crippen LogP contribution in [0.25, 0.3) is 33.3 Å². The molecule has 6 saturated heterocycles. The molecule has 134 heavy (non-hydrogen) atoms. The van der Waals surface area contributed by atoms with Gasteiger partial charge in [-0.2, -0.15) is 63.8 Å². The van der Waals surface area contributed by atoms with E-state index in [9.17, 15) is 67.9 Å². The third kappa shape index (κ3) is 27.0.